The summed E-state index contributed by atoms with van der Waals surface area (Å²) in [5.74, 6) is -0.173. The third-order valence-corrected chi connectivity index (χ3v) is 10.6. The molecule has 4 rings (SSSR count). The Labute approximate surface area is 275 Å². The van der Waals surface area contributed by atoms with E-state index >= 15 is 0 Å². The maximum absolute atomic E-state index is 14.2. The van der Waals surface area contributed by atoms with Crippen LogP contribution in [0.4, 0.5) is 10.5 Å². The van der Waals surface area contributed by atoms with Gasteiger partial charge in [-0.3, -0.25) is 0 Å². The number of hydrogen-bond donors (Lipinski definition) is 2. The van der Waals surface area contributed by atoms with Crippen LogP contribution in [-0.2, 0) is 39.7 Å². The van der Waals surface area contributed by atoms with Crippen molar-refractivity contribution < 1.29 is 46.3 Å². The van der Waals surface area contributed by atoms with E-state index in [1.165, 1.54) is 12.1 Å². The predicted molar refractivity (Wildman–Crippen MR) is 167 cm³/mol. The average Bonchev–Trinajstić information content (AvgIpc) is 3.64. The number of nitriles is 1. The molecule has 0 radical (unpaired) electrons. The number of ether oxygens (including phenoxy) is 3. The molecule has 16 heteroatoms. The fraction of sp³-hybridized carbons (Fsp3) is 0.548. The van der Waals surface area contributed by atoms with Gasteiger partial charge in [-0.25, -0.2) is 13.2 Å². The lowest BCUT2D eigenvalue weighted by Gasteiger charge is -2.40. The number of amides is 1. The molecule has 0 unspecified atom stereocenters. The highest BCUT2D eigenvalue weighted by molar-refractivity contribution is 7.89. The quantitative estimate of drug-likeness (QED) is 0.244. The van der Waals surface area contributed by atoms with Gasteiger partial charge in [0.2, 0.25) is 10.0 Å². The van der Waals surface area contributed by atoms with Crippen molar-refractivity contribution in [3.8, 4) is 6.07 Å². The Morgan fingerprint density at radius 3 is 2.62 bits per heavy atom. The summed E-state index contributed by atoms with van der Waals surface area (Å²) in [6, 6.07) is 15.6. The standard InChI is InChI=1S/C31H43N4O10PS/c1-31(2,14-8-15-32)21-35(47(40,41)24-12-7-11-23(18-24)33-3)19-27(45-46(37,38)39)26(17-22-9-5-4-6-10-22)34-30(36)44-28-20-43-29-25(28)13-16-42-29/h4-7,9-12,18,25-29,33H,8,13-14,16-17,19-21H2,1-3H3,(H,34,36)(H2,37,38,39)/p-2/t25-,26-,27+,28-,29+/m0/s1. The number of hydrogen-bond acceptors (Lipinski definition) is 12. The van der Waals surface area contributed by atoms with E-state index in [1.807, 2.05) is 0 Å². The predicted octanol–water partition coefficient (Wildman–Crippen LogP) is 2.36. The monoisotopic (exact) mass is 692 g/mol. The van der Waals surface area contributed by atoms with Crippen molar-refractivity contribution >= 4 is 29.6 Å². The Bertz CT molecular complexity index is 1550. The van der Waals surface area contributed by atoms with Gasteiger partial charge in [0.05, 0.1) is 50.1 Å². The van der Waals surface area contributed by atoms with Crippen LogP contribution in [-0.4, -0.2) is 76.7 Å². The van der Waals surface area contributed by atoms with E-state index in [9.17, 15) is 32.8 Å². The van der Waals surface area contributed by atoms with Crippen LogP contribution in [0, 0.1) is 22.7 Å². The number of alkyl carbamates (subject to hydrolysis) is 1. The molecule has 2 aliphatic rings. The number of nitrogens with one attached hydrogen (secondary N) is 2. The van der Waals surface area contributed by atoms with Gasteiger partial charge in [-0.1, -0.05) is 50.2 Å². The Hall–Kier alpha value is -3.06. The van der Waals surface area contributed by atoms with Gasteiger partial charge in [-0.15, -0.1) is 0 Å². The summed E-state index contributed by atoms with van der Waals surface area (Å²) in [5, 5.41) is 14.8. The minimum Gasteiger partial charge on any atom is -0.790 e. The second-order valence-electron chi connectivity index (χ2n) is 12.4. The zero-order valence-electron chi connectivity index (χ0n) is 26.6. The molecule has 47 heavy (non-hydrogen) atoms. The molecule has 2 aromatic rings. The van der Waals surface area contributed by atoms with E-state index in [0.717, 1.165) is 4.31 Å². The van der Waals surface area contributed by atoms with E-state index in [4.69, 9.17) is 18.7 Å². The highest BCUT2D eigenvalue weighted by Gasteiger charge is 2.44. The van der Waals surface area contributed by atoms with Crippen molar-refractivity contribution in [1.82, 2.24) is 9.62 Å². The van der Waals surface area contributed by atoms with Crippen molar-refractivity contribution in [1.29, 1.82) is 5.26 Å². The van der Waals surface area contributed by atoms with Gasteiger partial charge in [0.25, 0.3) is 0 Å². The number of fused-ring (bicyclic) bond motifs is 1. The van der Waals surface area contributed by atoms with Gasteiger partial charge in [-0.05, 0) is 48.4 Å². The van der Waals surface area contributed by atoms with E-state index in [2.05, 4.69) is 16.7 Å². The van der Waals surface area contributed by atoms with Crippen LogP contribution in [0.5, 0.6) is 0 Å². The molecular formula is C31H41N4O10PS-2. The summed E-state index contributed by atoms with van der Waals surface area (Å²) < 4.78 is 63.4. The number of carbonyl (C=O) groups is 1. The molecule has 2 heterocycles. The lowest BCUT2D eigenvalue weighted by Crippen LogP contribution is -2.53. The first-order valence-electron chi connectivity index (χ1n) is 15.3. The molecule has 0 bridgehead atoms. The molecule has 14 nitrogen and oxygen atoms in total. The lowest BCUT2D eigenvalue weighted by molar-refractivity contribution is -0.345. The van der Waals surface area contributed by atoms with Gasteiger partial charge in [0.1, 0.15) is 6.10 Å². The van der Waals surface area contributed by atoms with Crippen LogP contribution in [0.3, 0.4) is 0 Å². The van der Waals surface area contributed by atoms with Crippen molar-refractivity contribution in [3.05, 3.63) is 60.2 Å². The van der Waals surface area contributed by atoms with E-state index in [-0.39, 0.29) is 36.8 Å². The zero-order valence-corrected chi connectivity index (χ0v) is 28.3. The SMILES string of the molecule is CNc1cccc(S(=O)(=O)N(C[C@@H](OP(=O)([O-])[O-])[C@H](Cc2ccccc2)NC(=O)O[C@H]2CO[C@H]3OCC[C@H]32)CC(C)(C)CCC#N)c1. The van der Waals surface area contributed by atoms with Gasteiger partial charge in [0.15, 0.2) is 6.29 Å². The van der Waals surface area contributed by atoms with E-state index < -0.39 is 60.4 Å². The molecule has 2 N–H and O–H groups in total. The minimum absolute atomic E-state index is 0.0299. The highest BCUT2D eigenvalue weighted by atomic mass is 32.2. The minimum atomic E-state index is -5.73. The van der Waals surface area contributed by atoms with E-state index in [0.29, 0.717) is 30.7 Å². The van der Waals surface area contributed by atoms with E-state index in [1.54, 1.807) is 63.4 Å². The van der Waals surface area contributed by atoms with Crippen molar-refractivity contribution in [2.75, 3.05) is 38.7 Å². The maximum Gasteiger partial charge on any atom is 0.407 e. The fourth-order valence-corrected chi connectivity index (χ4v) is 8.01. The molecule has 0 aromatic heterocycles. The highest BCUT2D eigenvalue weighted by Crippen LogP contribution is 2.35. The number of rotatable bonds is 16. The summed E-state index contributed by atoms with van der Waals surface area (Å²) in [5.41, 5.74) is 0.413. The molecule has 2 saturated heterocycles. The molecule has 2 fully saturated rings. The molecule has 5 atom stereocenters. The van der Waals surface area contributed by atoms with Crippen LogP contribution < -0.4 is 20.4 Å². The first-order valence-corrected chi connectivity index (χ1v) is 18.2. The first-order chi connectivity index (χ1) is 22.2. The van der Waals surface area contributed by atoms with Crippen LogP contribution >= 0.6 is 7.82 Å². The van der Waals surface area contributed by atoms with Gasteiger partial charge in [0, 0.05) is 32.2 Å². The van der Waals surface area contributed by atoms with Crippen LogP contribution in [0.2, 0.25) is 0 Å². The smallest absolute Gasteiger partial charge is 0.407 e. The second-order valence-corrected chi connectivity index (χ2v) is 15.4. The molecule has 0 saturated carbocycles. The second kappa shape index (κ2) is 15.9. The number of nitrogens with zero attached hydrogens (tertiary/aromatic N) is 2. The molecule has 258 valence electrons. The van der Waals surface area contributed by atoms with Crippen molar-refractivity contribution in [3.63, 3.8) is 0 Å². The topological polar surface area (TPSA) is 202 Å². The summed E-state index contributed by atoms with van der Waals surface area (Å²) in [6.45, 7) is 3.34. The van der Waals surface area contributed by atoms with Gasteiger partial charge >= 0.3 is 6.09 Å². The normalized spacial score (nSPS) is 21.1. The lowest BCUT2D eigenvalue weighted by atomic mass is 9.88. The zero-order chi connectivity index (χ0) is 34.2. The third kappa shape index (κ3) is 10.5. The summed E-state index contributed by atoms with van der Waals surface area (Å²) in [6.07, 6.45) is -2.63. The first kappa shape index (κ1) is 36.8. The Balaban J connectivity index is 1.70. The largest absolute Gasteiger partial charge is 0.790 e. The van der Waals surface area contributed by atoms with Crippen LogP contribution in [0.1, 0.15) is 38.7 Å². The number of phosphoric ester groups is 1. The number of benzene rings is 2. The molecule has 2 aromatic carbocycles. The third-order valence-electron chi connectivity index (χ3n) is 8.22. The molecule has 0 aliphatic carbocycles. The van der Waals surface area contributed by atoms with Crippen molar-refractivity contribution in [2.45, 2.75) is 69.0 Å². The number of anilines is 1. The van der Waals surface area contributed by atoms with Gasteiger partial charge < -0.3 is 43.7 Å². The fourth-order valence-electron chi connectivity index (χ4n) is 5.77. The molecule has 0 spiro atoms. The average molecular weight is 693 g/mol. The maximum atomic E-state index is 14.2. The number of phosphoric acid groups is 1. The van der Waals surface area contributed by atoms with Crippen LogP contribution in [0.25, 0.3) is 0 Å². The Kier molecular flexibility index (Phi) is 12.4. The molecular weight excluding hydrogens is 651 g/mol. The summed E-state index contributed by atoms with van der Waals surface area (Å²) in [4.78, 5) is 37.5. The van der Waals surface area contributed by atoms with Gasteiger partial charge in [-0.2, -0.15) is 9.57 Å². The Morgan fingerprint density at radius 2 is 1.94 bits per heavy atom. The summed E-state index contributed by atoms with van der Waals surface area (Å²) in [7, 11) is -8.44. The number of sulfonamides is 1. The summed E-state index contributed by atoms with van der Waals surface area (Å²) >= 11 is 0. The molecule has 1 amide bonds. The van der Waals surface area contributed by atoms with Crippen molar-refractivity contribution in [2.24, 2.45) is 11.3 Å². The Morgan fingerprint density at radius 1 is 1.19 bits per heavy atom. The number of carbonyl (C=O) groups excluding carboxylic acids is 1. The molecule has 2 aliphatic heterocycles. The van der Waals surface area contributed by atoms with Crippen LogP contribution in [0.15, 0.2) is 59.5 Å².